The van der Waals surface area contributed by atoms with Gasteiger partial charge in [0.2, 0.25) is 0 Å². The molecule has 6 nitrogen and oxygen atoms in total. The van der Waals surface area contributed by atoms with E-state index < -0.39 is 17.8 Å². The molecule has 0 unspecified atom stereocenters. The Labute approximate surface area is 117 Å². The van der Waals surface area contributed by atoms with E-state index in [1.54, 1.807) is 0 Å². The van der Waals surface area contributed by atoms with E-state index in [0.29, 0.717) is 5.69 Å². The fourth-order valence-electron chi connectivity index (χ4n) is 1.32. The molecule has 20 heavy (non-hydrogen) atoms. The number of benzene rings is 1. The van der Waals surface area contributed by atoms with Gasteiger partial charge in [-0.3, -0.25) is 5.32 Å². The fraction of sp³-hybridized carbons (Fsp3) is 0.0833. The molecule has 0 bridgehead atoms. The van der Waals surface area contributed by atoms with Crippen LogP contribution in [0.1, 0.15) is 10.5 Å². The van der Waals surface area contributed by atoms with Gasteiger partial charge in [-0.15, -0.1) is 11.3 Å². The number of ether oxygens (including phenoxy) is 1. The molecule has 2 rings (SSSR count). The third-order valence-corrected chi connectivity index (χ3v) is 2.98. The minimum absolute atomic E-state index is 0.120. The van der Waals surface area contributed by atoms with Crippen LogP contribution in [0.5, 0.6) is 0 Å². The summed E-state index contributed by atoms with van der Waals surface area (Å²) in [5.41, 5.74) is 0.559. The largest absolute Gasteiger partial charge is 0.464 e. The molecule has 2 amide bonds. The summed E-state index contributed by atoms with van der Waals surface area (Å²) in [7, 11) is 1.25. The van der Waals surface area contributed by atoms with Crippen LogP contribution >= 0.6 is 11.3 Å². The lowest BCUT2D eigenvalue weighted by molar-refractivity contribution is 0.0595. The molecule has 0 atom stereocenters. The number of nitrogens with one attached hydrogen (secondary N) is 2. The maximum atomic E-state index is 12.7. The van der Waals surface area contributed by atoms with Crippen LogP contribution < -0.4 is 10.6 Å². The first kappa shape index (κ1) is 13.9. The Bertz CT molecular complexity index is 627. The lowest BCUT2D eigenvalue weighted by Crippen LogP contribution is -2.19. The van der Waals surface area contributed by atoms with E-state index in [-0.39, 0.29) is 10.8 Å². The van der Waals surface area contributed by atoms with Crippen molar-refractivity contribution in [2.24, 2.45) is 0 Å². The van der Waals surface area contributed by atoms with Crippen molar-refractivity contribution in [3.05, 3.63) is 41.2 Å². The van der Waals surface area contributed by atoms with Crippen LogP contribution in [-0.2, 0) is 4.74 Å². The Morgan fingerprint density at radius 2 is 1.95 bits per heavy atom. The average Bonchev–Trinajstić information content (AvgIpc) is 2.89. The van der Waals surface area contributed by atoms with Gasteiger partial charge in [0.15, 0.2) is 10.8 Å². The number of nitrogens with zero attached hydrogens (tertiary/aromatic N) is 1. The summed E-state index contributed by atoms with van der Waals surface area (Å²) in [5.74, 6) is -0.966. The predicted molar refractivity (Wildman–Crippen MR) is 72.5 cm³/mol. The van der Waals surface area contributed by atoms with E-state index in [1.165, 1.54) is 36.8 Å². The first-order chi connectivity index (χ1) is 9.58. The van der Waals surface area contributed by atoms with Crippen molar-refractivity contribution < 1.29 is 18.7 Å². The van der Waals surface area contributed by atoms with Crippen molar-refractivity contribution in [3.8, 4) is 0 Å². The number of thiazole rings is 1. The number of aromatic nitrogens is 1. The molecule has 1 heterocycles. The van der Waals surface area contributed by atoms with Gasteiger partial charge < -0.3 is 10.1 Å². The molecule has 1 aromatic heterocycles. The smallest absolute Gasteiger partial charge is 0.357 e. The van der Waals surface area contributed by atoms with Crippen molar-refractivity contribution in [2.45, 2.75) is 0 Å². The molecular weight excluding hydrogens is 285 g/mol. The van der Waals surface area contributed by atoms with Gasteiger partial charge in [0.05, 0.1) is 7.11 Å². The molecule has 0 aliphatic carbocycles. The third-order valence-electron chi connectivity index (χ3n) is 2.22. The Kier molecular flexibility index (Phi) is 4.26. The lowest BCUT2D eigenvalue weighted by atomic mass is 10.3. The van der Waals surface area contributed by atoms with E-state index >= 15 is 0 Å². The SMILES string of the molecule is COC(=O)c1csc(NC(=O)Nc2ccc(F)cc2)n1. The topological polar surface area (TPSA) is 80.3 Å². The van der Waals surface area contributed by atoms with Gasteiger partial charge in [0, 0.05) is 11.1 Å². The number of amides is 2. The number of urea groups is 1. The van der Waals surface area contributed by atoms with Gasteiger partial charge in [0.25, 0.3) is 0 Å². The van der Waals surface area contributed by atoms with E-state index in [2.05, 4.69) is 20.4 Å². The van der Waals surface area contributed by atoms with Gasteiger partial charge in [-0.2, -0.15) is 0 Å². The quantitative estimate of drug-likeness (QED) is 0.853. The number of carbonyl (C=O) groups excluding carboxylic acids is 2. The summed E-state index contributed by atoms with van der Waals surface area (Å²) in [6.07, 6.45) is 0. The number of halogens is 1. The number of esters is 1. The van der Waals surface area contributed by atoms with E-state index in [0.717, 1.165) is 11.3 Å². The van der Waals surface area contributed by atoms with E-state index in [4.69, 9.17) is 0 Å². The zero-order chi connectivity index (χ0) is 14.5. The van der Waals surface area contributed by atoms with Crippen LogP contribution in [0.25, 0.3) is 0 Å². The molecule has 2 aromatic rings. The zero-order valence-electron chi connectivity index (χ0n) is 10.3. The number of hydrogen-bond acceptors (Lipinski definition) is 5. The Morgan fingerprint density at radius 3 is 2.60 bits per heavy atom. The molecule has 2 N–H and O–H groups in total. The Hall–Kier alpha value is -2.48. The molecule has 0 spiro atoms. The molecule has 104 valence electrons. The third kappa shape index (κ3) is 3.51. The number of hydrogen-bond donors (Lipinski definition) is 2. The first-order valence-corrected chi connectivity index (χ1v) is 6.34. The minimum atomic E-state index is -0.576. The van der Waals surface area contributed by atoms with Crippen LogP contribution in [0, 0.1) is 5.82 Å². The predicted octanol–water partition coefficient (Wildman–Crippen LogP) is 2.71. The minimum Gasteiger partial charge on any atom is -0.464 e. The van der Waals surface area contributed by atoms with Crippen molar-refractivity contribution in [1.29, 1.82) is 0 Å². The molecule has 0 aliphatic rings. The fourth-order valence-corrected chi connectivity index (χ4v) is 2.00. The number of anilines is 2. The maximum absolute atomic E-state index is 12.7. The highest BCUT2D eigenvalue weighted by atomic mass is 32.1. The molecule has 0 saturated carbocycles. The Morgan fingerprint density at radius 1 is 1.25 bits per heavy atom. The van der Waals surface area contributed by atoms with E-state index in [1.807, 2.05) is 0 Å². The number of rotatable bonds is 3. The van der Waals surface area contributed by atoms with Gasteiger partial charge in [-0.1, -0.05) is 0 Å². The summed E-state index contributed by atoms with van der Waals surface area (Å²) in [4.78, 5) is 26.7. The second-order valence-corrected chi connectivity index (χ2v) is 4.47. The van der Waals surface area contributed by atoms with Crippen LogP contribution in [0.4, 0.5) is 20.0 Å². The monoisotopic (exact) mass is 295 g/mol. The molecular formula is C12H10FN3O3S. The lowest BCUT2D eigenvalue weighted by Gasteiger charge is -2.04. The molecule has 0 radical (unpaired) electrons. The molecule has 0 saturated heterocycles. The van der Waals surface area contributed by atoms with Crippen LogP contribution in [-0.4, -0.2) is 24.1 Å². The van der Waals surface area contributed by atoms with E-state index in [9.17, 15) is 14.0 Å². The van der Waals surface area contributed by atoms with Crippen molar-refractivity contribution >= 4 is 34.2 Å². The summed E-state index contributed by atoms with van der Waals surface area (Å²) < 4.78 is 17.2. The molecule has 0 aliphatic heterocycles. The molecule has 0 fully saturated rings. The standard InChI is InChI=1S/C12H10FN3O3S/c1-19-10(17)9-6-20-12(15-9)16-11(18)14-8-4-2-7(13)3-5-8/h2-6H,1H3,(H2,14,15,16,18). The van der Waals surface area contributed by atoms with Crippen LogP contribution in [0.2, 0.25) is 0 Å². The summed E-state index contributed by atoms with van der Waals surface area (Å²) in [6, 6.07) is 4.78. The maximum Gasteiger partial charge on any atom is 0.357 e. The van der Waals surface area contributed by atoms with Crippen LogP contribution in [0.3, 0.4) is 0 Å². The average molecular weight is 295 g/mol. The first-order valence-electron chi connectivity index (χ1n) is 5.46. The normalized spacial score (nSPS) is 9.90. The number of methoxy groups -OCH3 is 1. The van der Waals surface area contributed by atoms with Gasteiger partial charge in [-0.05, 0) is 24.3 Å². The molecule has 1 aromatic carbocycles. The zero-order valence-corrected chi connectivity index (χ0v) is 11.2. The second kappa shape index (κ2) is 6.11. The van der Waals surface area contributed by atoms with Crippen LogP contribution in [0.15, 0.2) is 29.6 Å². The highest BCUT2D eigenvalue weighted by molar-refractivity contribution is 7.14. The van der Waals surface area contributed by atoms with Gasteiger partial charge in [0.1, 0.15) is 5.82 Å². The highest BCUT2D eigenvalue weighted by Gasteiger charge is 2.12. The summed E-state index contributed by atoms with van der Waals surface area (Å²) in [5, 5.41) is 6.69. The van der Waals surface area contributed by atoms with Crippen molar-refractivity contribution in [1.82, 2.24) is 4.98 Å². The van der Waals surface area contributed by atoms with Gasteiger partial charge in [-0.25, -0.2) is 19.0 Å². The summed E-state index contributed by atoms with van der Waals surface area (Å²) >= 11 is 1.09. The van der Waals surface area contributed by atoms with Crippen molar-refractivity contribution in [2.75, 3.05) is 17.7 Å². The molecule has 8 heteroatoms. The highest BCUT2D eigenvalue weighted by Crippen LogP contribution is 2.16. The Balaban J connectivity index is 1.96. The van der Waals surface area contributed by atoms with Crippen molar-refractivity contribution in [3.63, 3.8) is 0 Å². The number of carbonyl (C=O) groups is 2. The van der Waals surface area contributed by atoms with Gasteiger partial charge >= 0.3 is 12.0 Å². The summed E-state index contributed by atoms with van der Waals surface area (Å²) in [6.45, 7) is 0. The second-order valence-electron chi connectivity index (χ2n) is 3.62.